The van der Waals surface area contributed by atoms with Crippen LogP contribution in [0.5, 0.6) is 0 Å². The van der Waals surface area contributed by atoms with Gasteiger partial charge in [0.1, 0.15) is 5.82 Å². The summed E-state index contributed by atoms with van der Waals surface area (Å²) >= 11 is 0. The van der Waals surface area contributed by atoms with Crippen LogP contribution in [0.4, 0.5) is 4.39 Å². The number of benzene rings is 1. The lowest BCUT2D eigenvalue weighted by atomic mass is 9.83. The highest BCUT2D eigenvalue weighted by molar-refractivity contribution is 7.90. The number of sulfonamides is 1. The van der Waals surface area contributed by atoms with Crippen molar-refractivity contribution in [1.82, 2.24) is 9.29 Å². The first-order chi connectivity index (χ1) is 15.7. The smallest absolute Gasteiger partial charge is 0.253 e. The molecule has 2 saturated carbocycles. The van der Waals surface area contributed by atoms with Crippen molar-refractivity contribution in [2.45, 2.75) is 75.7 Å². The zero-order valence-corrected chi connectivity index (χ0v) is 20.1. The summed E-state index contributed by atoms with van der Waals surface area (Å²) in [5, 5.41) is -0.312. The van der Waals surface area contributed by atoms with E-state index in [4.69, 9.17) is 4.74 Å². The molecule has 4 rings (SSSR count). The molecule has 0 amide bonds. The van der Waals surface area contributed by atoms with Crippen LogP contribution < -0.4 is 10.3 Å². The summed E-state index contributed by atoms with van der Waals surface area (Å²) in [6.07, 6.45) is 6.72. The first kappa shape index (κ1) is 24.1. The van der Waals surface area contributed by atoms with Crippen molar-refractivity contribution in [1.29, 1.82) is 0 Å². The number of hydrogen-bond acceptors (Lipinski definition) is 4. The second-order valence-corrected chi connectivity index (χ2v) is 11.6. The van der Waals surface area contributed by atoms with Gasteiger partial charge in [0.2, 0.25) is 10.0 Å². The van der Waals surface area contributed by atoms with Crippen molar-refractivity contribution in [2.24, 2.45) is 0 Å². The van der Waals surface area contributed by atoms with Crippen molar-refractivity contribution in [3.63, 3.8) is 0 Å². The molecule has 2 aliphatic rings. The van der Waals surface area contributed by atoms with Crippen LogP contribution in [-0.4, -0.2) is 37.5 Å². The summed E-state index contributed by atoms with van der Waals surface area (Å²) < 4.78 is 48.9. The molecule has 180 valence electrons. The number of ether oxygens (including phenoxy) is 1. The third kappa shape index (κ3) is 6.11. The predicted octanol–water partition coefficient (Wildman–Crippen LogP) is 3.97. The Balaban J connectivity index is 1.41. The molecule has 0 spiro atoms. The number of rotatable bonds is 9. The minimum atomic E-state index is -3.36. The Hall–Kier alpha value is -2.03. The summed E-state index contributed by atoms with van der Waals surface area (Å²) in [6.45, 7) is 4.07. The molecule has 6 nitrogen and oxygen atoms in total. The zero-order valence-electron chi connectivity index (χ0n) is 19.3. The van der Waals surface area contributed by atoms with Gasteiger partial charge in [-0.2, -0.15) is 0 Å². The van der Waals surface area contributed by atoms with E-state index in [1.54, 1.807) is 29.8 Å². The Labute approximate surface area is 195 Å². The minimum absolute atomic E-state index is 0.0407. The van der Waals surface area contributed by atoms with Crippen LogP contribution in [0.3, 0.4) is 0 Å². The molecule has 2 aromatic rings. The van der Waals surface area contributed by atoms with Crippen LogP contribution in [-0.2, 0) is 14.8 Å². The zero-order chi connectivity index (χ0) is 23.6. The number of hydrogen-bond donors (Lipinski definition) is 1. The van der Waals surface area contributed by atoms with Crippen LogP contribution in [0.25, 0.3) is 0 Å². The van der Waals surface area contributed by atoms with Crippen LogP contribution in [0.2, 0.25) is 0 Å². The summed E-state index contributed by atoms with van der Waals surface area (Å²) in [6, 6.07) is 8.21. The molecule has 8 heteroatoms. The van der Waals surface area contributed by atoms with Gasteiger partial charge < -0.3 is 9.30 Å². The van der Waals surface area contributed by atoms with Gasteiger partial charge in [-0.1, -0.05) is 12.1 Å². The van der Waals surface area contributed by atoms with Crippen molar-refractivity contribution in [3.05, 3.63) is 69.4 Å². The normalized spacial score (nSPS) is 22.3. The lowest BCUT2D eigenvalue weighted by molar-refractivity contribution is 0.00730. The highest BCUT2D eigenvalue weighted by atomic mass is 32.2. The Morgan fingerprint density at radius 1 is 1.12 bits per heavy atom. The number of pyridine rings is 1. The third-order valence-corrected chi connectivity index (χ3v) is 8.67. The van der Waals surface area contributed by atoms with E-state index in [-0.39, 0.29) is 35.9 Å². The monoisotopic (exact) mass is 476 g/mol. The maximum atomic E-state index is 13.6. The quantitative estimate of drug-likeness (QED) is 0.594. The van der Waals surface area contributed by atoms with Gasteiger partial charge in [-0.3, -0.25) is 4.79 Å². The number of aromatic nitrogens is 1. The Bertz CT molecular complexity index is 1140. The number of nitrogens with one attached hydrogen (secondary N) is 1. The number of halogens is 1. The SMILES string of the molecule is Cc1cc(C)c(=O)n([C@@H](CNS(=O)(=O)C2CC2)CO[C@H]2CC[C@@H](c3cccc(F)c3)CC2)c1. The Kier molecular flexibility index (Phi) is 7.36. The van der Waals surface area contributed by atoms with Gasteiger partial charge in [-0.05, 0) is 87.6 Å². The van der Waals surface area contributed by atoms with Crippen LogP contribution in [0, 0.1) is 19.7 Å². The molecule has 33 heavy (non-hydrogen) atoms. The van der Waals surface area contributed by atoms with Crippen LogP contribution >= 0.6 is 0 Å². The number of aryl methyl sites for hydroxylation is 2. The molecule has 0 unspecified atom stereocenters. The van der Waals surface area contributed by atoms with Crippen LogP contribution in [0.1, 0.15) is 67.2 Å². The maximum Gasteiger partial charge on any atom is 0.253 e. The lowest BCUT2D eigenvalue weighted by Crippen LogP contribution is -2.39. The van der Waals surface area contributed by atoms with E-state index < -0.39 is 16.1 Å². The molecule has 1 aromatic heterocycles. The highest BCUT2D eigenvalue weighted by Crippen LogP contribution is 2.34. The van der Waals surface area contributed by atoms with E-state index in [1.807, 2.05) is 19.1 Å². The van der Waals surface area contributed by atoms with E-state index in [0.717, 1.165) is 36.8 Å². The Morgan fingerprint density at radius 2 is 1.85 bits per heavy atom. The van der Waals surface area contributed by atoms with Gasteiger partial charge in [0.25, 0.3) is 5.56 Å². The van der Waals surface area contributed by atoms with E-state index >= 15 is 0 Å². The summed E-state index contributed by atoms with van der Waals surface area (Å²) in [7, 11) is -3.36. The average Bonchev–Trinajstić information content (AvgIpc) is 3.63. The van der Waals surface area contributed by atoms with Gasteiger partial charge in [-0.15, -0.1) is 0 Å². The molecule has 1 N–H and O–H groups in total. The number of nitrogens with zero attached hydrogens (tertiary/aromatic N) is 1. The molecule has 1 atom stereocenters. The minimum Gasteiger partial charge on any atom is -0.376 e. The fraction of sp³-hybridized carbons (Fsp3) is 0.560. The van der Waals surface area contributed by atoms with E-state index in [1.165, 1.54) is 6.07 Å². The molecule has 2 fully saturated rings. The second kappa shape index (κ2) is 10.1. The van der Waals surface area contributed by atoms with E-state index in [0.29, 0.717) is 24.3 Å². The molecule has 0 saturated heterocycles. The van der Waals surface area contributed by atoms with Crippen LogP contribution in [0.15, 0.2) is 41.3 Å². The van der Waals surface area contributed by atoms with E-state index in [2.05, 4.69) is 4.72 Å². The molecule has 1 aromatic carbocycles. The molecule has 0 bridgehead atoms. The van der Waals surface area contributed by atoms with E-state index in [9.17, 15) is 17.6 Å². The summed E-state index contributed by atoms with van der Waals surface area (Å²) in [4.78, 5) is 12.8. The van der Waals surface area contributed by atoms with Crippen molar-refractivity contribution in [3.8, 4) is 0 Å². The summed E-state index contributed by atoms with van der Waals surface area (Å²) in [5.74, 6) is 0.116. The fourth-order valence-corrected chi connectivity index (χ4v) is 6.13. The fourth-order valence-electron chi connectivity index (χ4n) is 4.71. The van der Waals surface area contributed by atoms with Gasteiger partial charge in [0, 0.05) is 18.3 Å². The largest absolute Gasteiger partial charge is 0.376 e. The molecular formula is C25H33FN2O4S. The second-order valence-electron chi connectivity index (χ2n) is 9.52. The first-order valence-corrected chi connectivity index (χ1v) is 13.3. The topological polar surface area (TPSA) is 77.4 Å². The highest BCUT2D eigenvalue weighted by Gasteiger charge is 2.36. The summed E-state index contributed by atoms with van der Waals surface area (Å²) in [5.41, 5.74) is 2.47. The average molecular weight is 477 g/mol. The maximum absolute atomic E-state index is 13.6. The molecule has 2 aliphatic carbocycles. The molecular weight excluding hydrogens is 443 g/mol. The Morgan fingerprint density at radius 3 is 2.52 bits per heavy atom. The van der Waals surface area contributed by atoms with Gasteiger partial charge in [-0.25, -0.2) is 17.5 Å². The predicted molar refractivity (Wildman–Crippen MR) is 127 cm³/mol. The van der Waals surface area contributed by atoms with Crippen molar-refractivity contribution >= 4 is 10.0 Å². The van der Waals surface area contributed by atoms with Gasteiger partial charge >= 0.3 is 0 Å². The standard InChI is InChI=1S/C25H33FN2O4S/c1-17-12-18(2)25(29)28(15-17)22(14-27-33(30,31)24-10-11-24)16-32-23-8-6-19(7-9-23)20-4-3-5-21(26)13-20/h3-5,12-13,15,19,22-24,27H,6-11,14,16H2,1-2H3/t19-,22-,23+/m0/s1. The first-order valence-electron chi connectivity index (χ1n) is 11.8. The van der Waals surface area contributed by atoms with Crippen molar-refractivity contribution in [2.75, 3.05) is 13.2 Å². The lowest BCUT2D eigenvalue weighted by Gasteiger charge is -2.30. The molecule has 0 radical (unpaired) electrons. The molecule has 0 aliphatic heterocycles. The molecule has 1 heterocycles. The van der Waals surface area contributed by atoms with Gasteiger partial charge in [0.15, 0.2) is 0 Å². The van der Waals surface area contributed by atoms with Crippen molar-refractivity contribution < 1.29 is 17.5 Å². The van der Waals surface area contributed by atoms with Gasteiger partial charge in [0.05, 0.1) is 24.0 Å². The third-order valence-electron chi connectivity index (χ3n) is 6.75.